The second-order valence-corrected chi connectivity index (χ2v) is 36.0. The van der Waals surface area contributed by atoms with Gasteiger partial charge in [-0.25, -0.2) is 4.79 Å². The van der Waals surface area contributed by atoms with E-state index >= 15 is 0 Å². The van der Waals surface area contributed by atoms with Gasteiger partial charge < -0.3 is 57.7 Å². The molecule has 21 heteroatoms. The number of carbonyl (C=O) groups is 5. The number of amides is 5. The number of hydrogen-bond acceptors (Lipinski definition) is 14. The van der Waals surface area contributed by atoms with E-state index in [2.05, 4.69) is 68.9 Å². The largest absolute Gasteiger partial charge is 0.493 e. The van der Waals surface area contributed by atoms with Gasteiger partial charge in [0.2, 0.25) is 6.79 Å². The molecule has 456 valence electrons. The van der Waals surface area contributed by atoms with Gasteiger partial charge in [0.15, 0.2) is 34.5 Å². The minimum absolute atomic E-state index is 0.0687. The summed E-state index contributed by atoms with van der Waals surface area (Å²) in [5.74, 6) is 0.967. The van der Waals surface area contributed by atoms with Gasteiger partial charge in [-0.1, -0.05) is 106 Å². The number of carbonyl (C=O) groups excluding carboxylic acids is 5. The molecule has 1 aliphatic carbocycles. The fraction of sp³-hybridized carbons (Fsp3) is 0.379. The third-order valence-corrected chi connectivity index (χ3v) is 19.7. The van der Waals surface area contributed by atoms with Crippen LogP contribution in [0.5, 0.6) is 34.5 Å². The third-order valence-electron chi connectivity index (χ3n) is 16.3. The molecule has 0 unspecified atom stereocenters. The highest BCUT2D eigenvalue weighted by Crippen LogP contribution is 2.47. The summed E-state index contributed by atoms with van der Waals surface area (Å²) in [5, 5.41) is 2.81. The Morgan fingerprint density at radius 2 is 1.16 bits per heavy atom. The number of nitrogens with zero attached hydrogens (tertiary/aromatic N) is 4. The summed E-state index contributed by atoms with van der Waals surface area (Å²) in [6, 6.07) is 28.5. The molecule has 5 aliphatic heterocycles. The van der Waals surface area contributed by atoms with Crippen LogP contribution < -0.4 is 43.5 Å². The Labute approximate surface area is 509 Å². The van der Waals surface area contributed by atoms with Crippen molar-refractivity contribution in [2.75, 3.05) is 83.9 Å². The molecule has 0 radical (unpaired) electrons. The van der Waals surface area contributed by atoms with Crippen LogP contribution in [0.25, 0.3) is 16.7 Å². The first-order chi connectivity index (χ1) is 41.9. The van der Waals surface area contributed by atoms with Crippen LogP contribution in [0.4, 0.5) is 16.2 Å². The van der Waals surface area contributed by atoms with Crippen molar-refractivity contribution in [3.05, 3.63) is 149 Å². The lowest BCUT2D eigenvalue weighted by Gasteiger charge is -2.27. The first-order valence-electron chi connectivity index (χ1n) is 29.6. The lowest BCUT2D eigenvalue weighted by atomic mass is 9.98. The Balaban J connectivity index is 0.764. The van der Waals surface area contributed by atoms with Gasteiger partial charge in [-0.15, -0.1) is 0 Å². The standard InChI is InChI=1S/C66H75N5O14Si2/c1-77-57-32-49-52(70(39-79-25-27-86(3,4)5)64(74)54-29-42(36-68(54)62(49)72)15-13-22-67-66(76)83-38-51-47-18-11-9-16-45(47)46-17-10-12-19-48(46)51)34-60(57)81-23-14-24-82-61-35-53-50(33-58(61)78-2)63(73)69-37-44(43-20-21-56-59(31-43)85-41-84-56)30-55(69)65(75)71(53)40-80-26-28-87(6,7)8/h9-13,15-21,31-37,51,54-55H,14,22-30,38-41H2,1-8H3,(H,67,76)/b15-13+/t54-,55-/m0/s1. The quantitative estimate of drug-likeness (QED) is 0.0453. The number of benzene rings is 5. The Kier molecular flexibility index (Phi) is 17.7. The highest BCUT2D eigenvalue weighted by molar-refractivity contribution is 6.76. The van der Waals surface area contributed by atoms with Crippen molar-refractivity contribution in [2.24, 2.45) is 0 Å². The zero-order valence-electron chi connectivity index (χ0n) is 50.6. The van der Waals surface area contributed by atoms with E-state index in [-0.39, 0.29) is 100.0 Å². The average molecular weight is 1220 g/mol. The normalized spacial score (nSPS) is 17.7. The number of ether oxygens (including phenoxy) is 9. The minimum Gasteiger partial charge on any atom is -0.493 e. The van der Waals surface area contributed by atoms with Crippen molar-refractivity contribution in [2.45, 2.75) is 88.6 Å². The maximum absolute atomic E-state index is 14.8. The van der Waals surface area contributed by atoms with Crippen molar-refractivity contribution < 1.29 is 66.6 Å². The molecule has 19 nitrogen and oxygen atoms in total. The predicted molar refractivity (Wildman–Crippen MR) is 334 cm³/mol. The Morgan fingerprint density at radius 3 is 1.72 bits per heavy atom. The van der Waals surface area contributed by atoms with E-state index in [1.807, 2.05) is 42.5 Å². The fourth-order valence-electron chi connectivity index (χ4n) is 11.5. The van der Waals surface area contributed by atoms with Gasteiger partial charge >= 0.3 is 6.09 Å². The van der Waals surface area contributed by atoms with Crippen molar-refractivity contribution in [3.63, 3.8) is 0 Å². The van der Waals surface area contributed by atoms with Crippen molar-refractivity contribution in [1.29, 1.82) is 0 Å². The van der Waals surface area contributed by atoms with Crippen molar-refractivity contribution in [3.8, 4) is 45.6 Å². The maximum atomic E-state index is 14.8. The first kappa shape index (κ1) is 60.3. The molecular formula is C66H75N5O14Si2. The highest BCUT2D eigenvalue weighted by atomic mass is 28.3. The van der Waals surface area contributed by atoms with Crippen LogP contribution in [0, 0.1) is 0 Å². The number of alkyl carbamates (subject to hydrolysis) is 1. The summed E-state index contributed by atoms with van der Waals surface area (Å²) in [6.07, 6.45) is 7.31. The summed E-state index contributed by atoms with van der Waals surface area (Å²) in [5.41, 5.74) is 8.05. The molecule has 5 heterocycles. The van der Waals surface area contributed by atoms with E-state index in [9.17, 15) is 24.0 Å². The third kappa shape index (κ3) is 13.0. The molecule has 0 aromatic heterocycles. The smallest absolute Gasteiger partial charge is 0.407 e. The average Bonchev–Trinajstić information content (AvgIpc) is 1.83. The number of fused-ring (bicyclic) bond motifs is 8. The summed E-state index contributed by atoms with van der Waals surface area (Å²) in [6.45, 7) is 15.0. The van der Waals surface area contributed by atoms with Gasteiger partial charge in [0.25, 0.3) is 23.6 Å². The maximum Gasteiger partial charge on any atom is 0.407 e. The monoisotopic (exact) mass is 1220 g/mol. The molecule has 0 saturated heterocycles. The molecule has 87 heavy (non-hydrogen) atoms. The van der Waals surface area contributed by atoms with Crippen LogP contribution >= 0.6 is 0 Å². The molecule has 5 aromatic carbocycles. The molecule has 11 rings (SSSR count). The Bertz CT molecular complexity index is 3550. The molecular weight excluding hydrogens is 1140 g/mol. The number of methoxy groups -OCH3 is 2. The van der Waals surface area contributed by atoms with Gasteiger partial charge in [-0.3, -0.25) is 29.0 Å². The summed E-state index contributed by atoms with van der Waals surface area (Å²) >= 11 is 0. The minimum atomic E-state index is -1.50. The van der Waals surface area contributed by atoms with Crippen LogP contribution in [0.1, 0.15) is 62.6 Å². The van der Waals surface area contributed by atoms with Crippen LogP contribution in [-0.4, -0.2) is 142 Å². The molecule has 0 bridgehead atoms. The second kappa shape index (κ2) is 25.5. The molecule has 6 aliphatic rings. The van der Waals surface area contributed by atoms with E-state index in [0.717, 1.165) is 51.1 Å². The second-order valence-electron chi connectivity index (χ2n) is 24.7. The molecule has 5 aromatic rings. The van der Waals surface area contributed by atoms with Gasteiger partial charge in [-0.05, 0) is 75.3 Å². The number of hydrogen-bond donors (Lipinski definition) is 1. The highest BCUT2D eigenvalue weighted by Gasteiger charge is 2.45. The Hall–Kier alpha value is -8.38. The predicted octanol–water partition coefficient (Wildman–Crippen LogP) is 11.0. The van der Waals surface area contributed by atoms with Crippen LogP contribution in [-0.2, 0) is 23.8 Å². The summed E-state index contributed by atoms with van der Waals surface area (Å²) in [4.78, 5) is 77.7. The lowest BCUT2D eigenvalue weighted by molar-refractivity contribution is -0.123. The van der Waals surface area contributed by atoms with E-state index in [1.54, 1.807) is 48.8 Å². The van der Waals surface area contributed by atoms with Crippen LogP contribution in [0.3, 0.4) is 0 Å². The Morgan fingerprint density at radius 1 is 0.621 bits per heavy atom. The van der Waals surface area contributed by atoms with Crippen LogP contribution in [0.15, 0.2) is 121 Å². The van der Waals surface area contributed by atoms with Gasteiger partial charge in [0.05, 0.1) is 49.9 Å². The number of anilines is 2. The molecule has 1 N–H and O–H groups in total. The summed E-state index contributed by atoms with van der Waals surface area (Å²) in [7, 11) is -0.000774. The molecule has 0 fully saturated rings. The van der Waals surface area contributed by atoms with Gasteiger partial charge in [0, 0.05) is 85.6 Å². The summed E-state index contributed by atoms with van der Waals surface area (Å²) < 4.78 is 53.7. The van der Waals surface area contributed by atoms with Crippen molar-refractivity contribution >= 4 is 62.8 Å². The van der Waals surface area contributed by atoms with E-state index in [1.165, 1.54) is 33.8 Å². The van der Waals surface area contributed by atoms with E-state index in [4.69, 9.17) is 42.6 Å². The molecule has 0 spiro atoms. The number of nitrogens with one attached hydrogen (secondary N) is 1. The number of allylic oxidation sites excluding steroid dienone is 1. The van der Waals surface area contributed by atoms with Gasteiger partial charge in [-0.2, -0.15) is 0 Å². The number of rotatable bonds is 24. The fourth-order valence-corrected chi connectivity index (χ4v) is 13.1. The zero-order valence-corrected chi connectivity index (χ0v) is 52.6. The zero-order chi connectivity index (χ0) is 61.1. The topological polar surface area (TPSA) is 193 Å². The van der Waals surface area contributed by atoms with E-state index < -0.39 is 40.2 Å². The molecule has 5 amide bonds. The molecule has 0 saturated carbocycles. The SMILES string of the molecule is COc1cc2c(cc1OCCCOc1cc3c(cc1OC)C(=O)N1C=C(c4ccc5c(c4)OCO5)C[C@H]1C(=O)N3COCC[Si](C)(C)C)N(COCC[Si](C)(C)C)C(=O)[C@@H]1CC(/C=C/CNC(=O)OCC3c4ccccc4-c4ccccc43)=CN1C2=O. The van der Waals surface area contributed by atoms with Gasteiger partial charge in [0.1, 0.15) is 32.2 Å². The van der Waals surface area contributed by atoms with Crippen LogP contribution in [0.2, 0.25) is 51.4 Å². The lowest BCUT2D eigenvalue weighted by Crippen LogP contribution is -2.45. The van der Waals surface area contributed by atoms with Crippen molar-refractivity contribution in [1.82, 2.24) is 15.1 Å². The molecule has 2 atom stereocenters. The first-order valence-corrected chi connectivity index (χ1v) is 37.0. The van der Waals surface area contributed by atoms with E-state index in [0.29, 0.717) is 59.8 Å².